The first-order valence-electron chi connectivity index (χ1n) is 11.0. The van der Waals surface area contributed by atoms with Crippen molar-refractivity contribution in [3.8, 4) is 11.8 Å². The molecule has 1 saturated heterocycles. The lowest BCUT2D eigenvalue weighted by Gasteiger charge is -2.37. The van der Waals surface area contributed by atoms with Crippen molar-refractivity contribution in [3.05, 3.63) is 71.4 Å². The van der Waals surface area contributed by atoms with E-state index in [0.717, 1.165) is 27.9 Å². The van der Waals surface area contributed by atoms with Crippen molar-refractivity contribution in [2.45, 2.75) is 25.8 Å². The lowest BCUT2D eigenvalue weighted by atomic mass is 10.0. The van der Waals surface area contributed by atoms with Gasteiger partial charge in [-0.05, 0) is 35.7 Å². The normalized spacial score (nSPS) is 15.5. The maximum absolute atomic E-state index is 13.5. The third-order valence-electron chi connectivity index (χ3n) is 6.08. The van der Waals surface area contributed by atoms with Gasteiger partial charge in [-0.15, -0.1) is 0 Å². The van der Waals surface area contributed by atoms with E-state index in [4.69, 9.17) is 9.72 Å². The number of amides is 1. The molecular weight excluding hydrogens is 400 g/mol. The highest BCUT2D eigenvalue weighted by molar-refractivity contribution is 6.06. The predicted octanol–water partition coefficient (Wildman–Crippen LogP) is 4.39. The Morgan fingerprint density at radius 1 is 1.06 bits per heavy atom. The highest BCUT2D eigenvalue weighted by atomic mass is 16.5. The summed E-state index contributed by atoms with van der Waals surface area (Å²) in [5.41, 5.74) is 3.42. The summed E-state index contributed by atoms with van der Waals surface area (Å²) in [6.45, 7) is 6.64. The number of pyridine rings is 1. The molecule has 1 aromatic heterocycles. The number of benzene rings is 2. The van der Waals surface area contributed by atoms with Gasteiger partial charge < -0.3 is 9.64 Å². The molecule has 0 aliphatic carbocycles. The Hall–Kier alpha value is -3.43. The van der Waals surface area contributed by atoms with Gasteiger partial charge in [0.15, 0.2) is 0 Å². The molecule has 164 valence electrons. The molecule has 0 radical (unpaired) electrons. The molecule has 1 fully saturated rings. The molecule has 1 aliphatic rings. The van der Waals surface area contributed by atoms with Gasteiger partial charge in [-0.1, -0.05) is 44.2 Å². The van der Waals surface area contributed by atoms with Gasteiger partial charge in [0.2, 0.25) is 0 Å². The van der Waals surface area contributed by atoms with Crippen LogP contribution in [0, 0.1) is 11.3 Å². The molecule has 0 bridgehead atoms. The number of nitrogens with zero attached hydrogens (tertiary/aromatic N) is 4. The van der Waals surface area contributed by atoms with Crippen molar-refractivity contribution >= 4 is 16.8 Å². The average Bonchev–Trinajstić information content (AvgIpc) is 2.84. The van der Waals surface area contributed by atoms with Crippen LogP contribution >= 0.6 is 0 Å². The third-order valence-corrected chi connectivity index (χ3v) is 6.08. The number of aromatic nitrogens is 1. The van der Waals surface area contributed by atoms with Crippen molar-refractivity contribution < 1.29 is 9.53 Å². The van der Waals surface area contributed by atoms with Gasteiger partial charge in [0, 0.05) is 37.3 Å². The molecule has 1 aliphatic heterocycles. The minimum absolute atomic E-state index is 0.0307. The lowest BCUT2D eigenvalue weighted by Crippen LogP contribution is -2.49. The third kappa shape index (κ3) is 4.30. The zero-order chi connectivity index (χ0) is 22.7. The van der Waals surface area contributed by atoms with Crippen LogP contribution < -0.4 is 4.74 Å². The molecular formula is C26H28N4O2. The van der Waals surface area contributed by atoms with Crippen LogP contribution in [0.1, 0.15) is 47.4 Å². The summed E-state index contributed by atoms with van der Waals surface area (Å²) in [6, 6.07) is 19.5. The fourth-order valence-corrected chi connectivity index (χ4v) is 4.18. The maximum Gasteiger partial charge on any atom is 0.254 e. The zero-order valence-electron chi connectivity index (χ0n) is 18.8. The van der Waals surface area contributed by atoms with Gasteiger partial charge in [0.25, 0.3) is 5.91 Å². The van der Waals surface area contributed by atoms with Gasteiger partial charge in [0.1, 0.15) is 11.8 Å². The molecule has 0 spiro atoms. The van der Waals surface area contributed by atoms with Crippen molar-refractivity contribution in [3.63, 3.8) is 0 Å². The summed E-state index contributed by atoms with van der Waals surface area (Å²) in [5.74, 6) is 1.04. The Morgan fingerprint density at radius 2 is 1.75 bits per heavy atom. The molecule has 1 amide bonds. The van der Waals surface area contributed by atoms with Crippen LogP contribution in [0.5, 0.6) is 5.75 Å². The van der Waals surface area contributed by atoms with Crippen molar-refractivity contribution in [1.29, 1.82) is 5.26 Å². The quantitative estimate of drug-likeness (QED) is 0.603. The predicted molar refractivity (Wildman–Crippen MR) is 125 cm³/mol. The second kappa shape index (κ2) is 9.37. The number of hydrogen-bond acceptors (Lipinski definition) is 5. The van der Waals surface area contributed by atoms with E-state index in [1.165, 1.54) is 0 Å². The number of ether oxygens (including phenoxy) is 1. The van der Waals surface area contributed by atoms with Crippen LogP contribution in [0.2, 0.25) is 0 Å². The average molecular weight is 429 g/mol. The molecule has 6 nitrogen and oxygen atoms in total. The minimum Gasteiger partial charge on any atom is -0.497 e. The molecule has 3 aromatic rings. The largest absolute Gasteiger partial charge is 0.497 e. The standard InChI is InChI=1S/C26H28N4O2/c1-18(2)24-16-22(21-6-4-5-7-23(21)28-24)26(31)30-14-12-29(13-15-30)25(17-27)19-8-10-20(32-3)11-9-19/h4-11,16,18,25H,12-15H2,1-3H3. The van der Waals surface area contributed by atoms with E-state index in [0.29, 0.717) is 31.7 Å². The maximum atomic E-state index is 13.5. The second-order valence-electron chi connectivity index (χ2n) is 8.40. The van der Waals surface area contributed by atoms with Crippen molar-refractivity contribution in [2.75, 3.05) is 33.3 Å². The minimum atomic E-state index is -0.340. The Morgan fingerprint density at radius 3 is 2.38 bits per heavy atom. The molecule has 1 atom stereocenters. The number of methoxy groups -OCH3 is 1. The Bertz CT molecular complexity index is 1140. The molecule has 0 saturated carbocycles. The summed E-state index contributed by atoms with van der Waals surface area (Å²) in [4.78, 5) is 22.2. The van der Waals surface area contributed by atoms with Crippen LogP contribution in [-0.2, 0) is 0 Å². The number of para-hydroxylation sites is 1. The molecule has 6 heteroatoms. The molecule has 2 heterocycles. The number of piperazine rings is 1. The Balaban J connectivity index is 1.52. The van der Waals surface area contributed by atoms with Crippen LogP contribution in [0.3, 0.4) is 0 Å². The van der Waals surface area contributed by atoms with E-state index in [9.17, 15) is 10.1 Å². The van der Waals surface area contributed by atoms with Crippen molar-refractivity contribution in [1.82, 2.24) is 14.8 Å². The molecule has 32 heavy (non-hydrogen) atoms. The summed E-state index contributed by atoms with van der Waals surface area (Å²) in [6.07, 6.45) is 0. The second-order valence-corrected chi connectivity index (χ2v) is 8.40. The first-order chi connectivity index (χ1) is 15.5. The van der Waals surface area contributed by atoms with Gasteiger partial charge in [0.05, 0.1) is 24.3 Å². The van der Waals surface area contributed by atoms with E-state index < -0.39 is 0 Å². The van der Waals surface area contributed by atoms with Gasteiger partial charge in [-0.2, -0.15) is 5.26 Å². The van der Waals surface area contributed by atoms with Gasteiger partial charge in [-0.25, -0.2) is 0 Å². The Kier molecular flexibility index (Phi) is 6.38. The summed E-state index contributed by atoms with van der Waals surface area (Å²) in [5, 5.41) is 10.7. The fourth-order valence-electron chi connectivity index (χ4n) is 4.18. The number of carbonyl (C=O) groups is 1. The SMILES string of the molecule is COc1ccc(C(C#N)N2CCN(C(=O)c3cc(C(C)C)nc4ccccc34)CC2)cc1. The van der Waals surface area contributed by atoms with Crippen molar-refractivity contribution in [2.24, 2.45) is 0 Å². The fraction of sp³-hybridized carbons (Fsp3) is 0.346. The van der Waals surface area contributed by atoms with Crippen LogP contribution in [0.15, 0.2) is 54.6 Å². The van der Waals surface area contributed by atoms with E-state index in [1.807, 2.05) is 59.5 Å². The number of fused-ring (bicyclic) bond motifs is 1. The topological polar surface area (TPSA) is 69.5 Å². The zero-order valence-corrected chi connectivity index (χ0v) is 18.8. The number of nitriles is 1. The van der Waals surface area contributed by atoms with E-state index in [2.05, 4.69) is 24.8 Å². The number of rotatable bonds is 5. The highest BCUT2D eigenvalue weighted by Crippen LogP contribution is 2.26. The lowest BCUT2D eigenvalue weighted by molar-refractivity contribution is 0.0608. The van der Waals surface area contributed by atoms with Crippen LogP contribution in [0.25, 0.3) is 10.9 Å². The summed E-state index contributed by atoms with van der Waals surface area (Å²) >= 11 is 0. The van der Waals surface area contributed by atoms with Crippen LogP contribution in [0.4, 0.5) is 0 Å². The molecule has 1 unspecified atom stereocenters. The highest BCUT2D eigenvalue weighted by Gasteiger charge is 2.28. The summed E-state index contributed by atoms with van der Waals surface area (Å²) in [7, 11) is 1.63. The van der Waals surface area contributed by atoms with Gasteiger partial charge >= 0.3 is 0 Å². The first-order valence-corrected chi connectivity index (χ1v) is 11.0. The molecule has 4 rings (SSSR count). The van der Waals surface area contributed by atoms with E-state index >= 15 is 0 Å². The first kappa shape index (κ1) is 21.8. The molecule has 2 aromatic carbocycles. The van der Waals surface area contributed by atoms with E-state index in [1.54, 1.807) is 7.11 Å². The van der Waals surface area contributed by atoms with E-state index in [-0.39, 0.29) is 17.9 Å². The summed E-state index contributed by atoms with van der Waals surface area (Å²) < 4.78 is 5.22. The molecule has 0 N–H and O–H groups in total. The number of hydrogen-bond donors (Lipinski definition) is 0. The number of carbonyl (C=O) groups excluding carboxylic acids is 1. The Labute approximate surface area is 189 Å². The monoisotopic (exact) mass is 428 g/mol. The smallest absolute Gasteiger partial charge is 0.254 e. The van der Waals surface area contributed by atoms with Crippen LogP contribution in [-0.4, -0.2) is 54.0 Å². The van der Waals surface area contributed by atoms with Gasteiger partial charge in [-0.3, -0.25) is 14.7 Å².